The topological polar surface area (TPSA) is 78.7 Å². The molecule has 138 valence electrons. The summed E-state index contributed by atoms with van der Waals surface area (Å²) in [6.45, 7) is 4.28. The maximum absolute atomic E-state index is 12.9. The summed E-state index contributed by atoms with van der Waals surface area (Å²) in [5.74, 6) is 2.38. The fourth-order valence-corrected chi connectivity index (χ4v) is 4.40. The largest absolute Gasteiger partial charge is 0.441 e. The maximum Gasteiger partial charge on any atom is 0.254 e. The van der Waals surface area contributed by atoms with Gasteiger partial charge in [0.25, 0.3) is 5.91 Å². The van der Waals surface area contributed by atoms with Crippen molar-refractivity contribution in [3.05, 3.63) is 29.7 Å². The predicted molar refractivity (Wildman–Crippen MR) is 100 cm³/mol. The molecule has 8 heteroatoms. The van der Waals surface area contributed by atoms with Gasteiger partial charge < -0.3 is 14.2 Å². The zero-order chi connectivity index (χ0) is 18.1. The third-order valence-corrected chi connectivity index (χ3v) is 5.79. The number of carbonyl (C=O) groups excluding carboxylic acids is 2. The molecule has 2 aromatic rings. The molecular formula is C18H22N4O3S. The summed E-state index contributed by atoms with van der Waals surface area (Å²) in [5.41, 5.74) is 1.99. The van der Waals surface area contributed by atoms with Gasteiger partial charge in [-0.3, -0.25) is 14.9 Å². The number of carbonyl (C=O) groups is 2. The molecule has 1 aromatic carbocycles. The molecule has 1 aromatic heterocycles. The maximum atomic E-state index is 12.9. The van der Waals surface area contributed by atoms with Crippen LogP contribution in [-0.2, 0) is 4.79 Å². The van der Waals surface area contributed by atoms with Crippen LogP contribution in [0.3, 0.4) is 0 Å². The Bertz CT molecular complexity index is 831. The standard InChI is InChI=1S/C18H22N4O3S/c1-12-20-14-4-3-13(9-16(14)25-12)17(23)21-5-2-6-22(8-7-21)18(24)15-10-26-11-19-15/h3-4,9,15,19H,2,5-8,10-11H2,1H3. The Balaban J connectivity index is 1.44. The van der Waals surface area contributed by atoms with Crippen LogP contribution in [0.4, 0.5) is 0 Å². The first kappa shape index (κ1) is 17.4. The van der Waals surface area contributed by atoms with Crippen LogP contribution in [0, 0.1) is 6.92 Å². The number of amides is 2. The van der Waals surface area contributed by atoms with E-state index in [2.05, 4.69) is 10.3 Å². The van der Waals surface area contributed by atoms with Crippen molar-refractivity contribution >= 4 is 34.7 Å². The number of hydrogen-bond acceptors (Lipinski definition) is 6. The molecule has 2 saturated heterocycles. The third kappa shape index (κ3) is 3.43. The smallest absolute Gasteiger partial charge is 0.254 e. The van der Waals surface area contributed by atoms with Gasteiger partial charge in [0, 0.05) is 50.3 Å². The van der Waals surface area contributed by atoms with Crippen molar-refractivity contribution in [2.24, 2.45) is 0 Å². The zero-order valence-corrected chi connectivity index (χ0v) is 15.6. The van der Waals surface area contributed by atoms with E-state index in [0.29, 0.717) is 43.2 Å². The van der Waals surface area contributed by atoms with Gasteiger partial charge in [0.1, 0.15) is 5.52 Å². The highest BCUT2D eigenvalue weighted by Gasteiger charge is 2.29. The highest BCUT2D eigenvalue weighted by atomic mass is 32.2. The number of rotatable bonds is 2. The monoisotopic (exact) mass is 374 g/mol. The SMILES string of the molecule is Cc1nc2ccc(C(=O)N3CCCN(C(=O)C4CSCN4)CC3)cc2o1. The number of nitrogens with zero attached hydrogens (tertiary/aromatic N) is 3. The molecule has 0 saturated carbocycles. The lowest BCUT2D eigenvalue weighted by Gasteiger charge is -2.24. The van der Waals surface area contributed by atoms with Crippen molar-refractivity contribution in [3.63, 3.8) is 0 Å². The second kappa shape index (κ2) is 7.28. The lowest BCUT2D eigenvalue weighted by molar-refractivity contribution is -0.132. The lowest BCUT2D eigenvalue weighted by Crippen LogP contribution is -2.46. The fraction of sp³-hybridized carbons (Fsp3) is 0.500. The van der Waals surface area contributed by atoms with Crippen molar-refractivity contribution in [3.8, 4) is 0 Å². The van der Waals surface area contributed by atoms with Crippen LogP contribution < -0.4 is 5.32 Å². The number of thioether (sulfide) groups is 1. The summed E-state index contributed by atoms with van der Waals surface area (Å²) in [5, 5.41) is 3.23. The second-order valence-corrected chi connectivity index (χ2v) is 7.69. The first-order valence-corrected chi connectivity index (χ1v) is 10.0. The van der Waals surface area contributed by atoms with E-state index in [0.717, 1.165) is 23.6 Å². The van der Waals surface area contributed by atoms with Gasteiger partial charge in [-0.25, -0.2) is 4.98 Å². The summed E-state index contributed by atoms with van der Waals surface area (Å²) >= 11 is 1.75. The van der Waals surface area contributed by atoms with Crippen molar-refractivity contribution < 1.29 is 14.0 Å². The molecule has 1 unspecified atom stereocenters. The van der Waals surface area contributed by atoms with Crippen molar-refractivity contribution in [2.45, 2.75) is 19.4 Å². The molecule has 7 nitrogen and oxygen atoms in total. The van der Waals surface area contributed by atoms with Gasteiger partial charge in [0.15, 0.2) is 11.5 Å². The van der Waals surface area contributed by atoms with Gasteiger partial charge in [-0.15, -0.1) is 11.8 Å². The van der Waals surface area contributed by atoms with E-state index in [1.165, 1.54) is 0 Å². The van der Waals surface area contributed by atoms with Crippen LogP contribution in [0.15, 0.2) is 22.6 Å². The molecule has 2 fully saturated rings. The molecule has 2 amide bonds. The van der Waals surface area contributed by atoms with Gasteiger partial charge in [0.05, 0.1) is 6.04 Å². The lowest BCUT2D eigenvalue weighted by atomic mass is 10.1. The number of oxazole rings is 1. The molecule has 3 heterocycles. The van der Waals surface area contributed by atoms with Crippen LogP contribution in [0.25, 0.3) is 11.1 Å². The normalized spacial score (nSPS) is 21.2. The number of aryl methyl sites for hydroxylation is 1. The Morgan fingerprint density at radius 3 is 2.85 bits per heavy atom. The summed E-state index contributed by atoms with van der Waals surface area (Å²) in [7, 11) is 0. The highest BCUT2D eigenvalue weighted by molar-refractivity contribution is 7.99. The molecule has 0 spiro atoms. The Kier molecular flexibility index (Phi) is 4.86. The van der Waals surface area contributed by atoms with Crippen molar-refractivity contribution in [2.75, 3.05) is 37.8 Å². The van der Waals surface area contributed by atoms with Crippen LogP contribution in [-0.4, -0.2) is 70.4 Å². The number of aromatic nitrogens is 1. The van der Waals surface area contributed by atoms with E-state index in [1.54, 1.807) is 30.8 Å². The number of benzene rings is 1. The minimum Gasteiger partial charge on any atom is -0.441 e. The van der Waals surface area contributed by atoms with Gasteiger partial charge in [-0.05, 0) is 24.6 Å². The summed E-state index contributed by atoms with van der Waals surface area (Å²) in [6, 6.07) is 5.28. The molecular weight excluding hydrogens is 352 g/mol. The molecule has 1 atom stereocenters. The van der Waals surface area contributed by atoms with Crippen LogP contribution in [0.2, 0.25) is 0 Å². The van der Waals surface area contributed by atoms with Crippen LogP contribution in [0.1, 0.15) is 22.7 Å². The van der Waals surface area contributed by atoms with E-state index >= 15 is 0 Å². The van der Waals surface area contributed by atoms with Gasteiger partial charge in [-0.2, -0.15) is 0 Å². The Morgan fingerprint density at radius 1 is 1.23 bits per heavy atom. The number of hydrogen-bond donors (Lipinski definition) is 1. The summed E-state index contributed by atoms with van der Waals surface area (Å²) in [4.78, 5) is 33.4. The minimum absolute atomic E-state index is 0.0233. The Hall–Kier alpha value is -2.06. The van der Waals surface area contributed by atoms with Gasteiger partial charge >= 0.3 is 0 Å². The molecule has 0 radical (unpaired) electrons. The first-order chi connectivity index (χ1) is 12.6. The second-order valence-electron chi connectivity index (χ2n) is 6.66. The molecule has 2 aliphatic heterocycles. The van der Waals surface area contributed by atoms with E-state index in [9.17, 15) is 9.59 Å². The van der Waals surface area contributed by atoms with Crippen molar-refractivity contribution in [1.29, 1.82) is 0 Å². The molecule has 1 N–H and O–H groups in total. The van der Waals surface area contributed by atoms with Gasteiger partial charge in [-0.1, -0.05) is 0 Å². The van der Waals surface area contributed by atoms with Crippen molar-refractivity contribution in [1.82, 2.24) is 20.1 Å². The summed E-state index contributed by atoms with van der Waals surface area (Å²) in [6.07, 6.45) is 0.793. The zero-order valence-electron chi connectivity index (χ0n) is 14.7. The molecule has 2 aliphatic rings. The van der Waals surface area contributed by atoms with E-state index < -0.39 is 0 Å². The molecule has 26 heavy (non-hydrogen) atoms. The fourth-order valence-electron chi connectivity index (χ4n) is 3.47. The third-order valence-electron chi connectivity index (χ3n) is 4.85. The molecule has 0 aliphatic carbocycles. The first-order valence-electron chi connectivity index (χ1n) is 8.88. The quantitative estimate of drug-likeness (QED) is 0.858. The summed E-state index contributed by atoms with van der Waals surface area (Å²) < 4.78 is 5.53. The van der Waals surface area contributed by atoms with E-state index in [4.69, 9.17) is 4.42 Å². The van der Waals surface area contributed by atoms with Crippen LogP contribution >= 0.6 is 11.8 Å². The Morgan fingerprint density at radius 2 is 2.04 bits per heavy atom. The van der Waals surface area contributed by atoms with Gasteiger partial charge in [0.2, 0.25) is 5.91 Å². The Labute approximate surface area is 156 Å². The molecule has 0 bridgehead atoms. The average molecular weight is 374 g/mol. The average Bonchev–Trinajstić information content (AvgIpc) is 3.23. The minimum atomic E-state index is -0.0839. The van der Waals surface area contributed by atoms with E-state index in [1.807, 2.05) is 15.9 Å². The van der Waals surface area contributed by atoms with E-state index in [-0.39, 0.29) is 17.9 Å². The molecule has 4 rings (SSSR count). The predicted octanol–water partition coefficient (Wildman–Crippen LogP) is 1.47. The number of nitrogens with one attached hydrogen (secondary N) is 1. The highest BCUT2D eigenvalue weighted by Crippen LogP contribution is 2.19. The number of fused-ring (bicyclic) bond motifs is 1. The van der Waals surface area contributed by atoms with Crippen LogP contribution in [0.5, 0.6) is 0 Å².